The number of morpholine rings is 1. The third kappa shape index (κ3) is 4.58. The van der Waals surface area contributed by atoms with Gasteiger partial charge in [0.15, 0.2) is 0 Å². The van der Waals surface area contributed by atoms with E-state index in [0.29, 0.717) is 13.2 Å². The zero-order chi connectivity index (χ0) is 13.8. The molecule has 1 fully saturated rings. The van der Waals surface area contributed by atoms with E-state index in [-0.39, 0.29) is 12.4 Å². The van der Waals surface area contributed by atoms with E-state index in [1.165, 1.54) is 24.0 Å². The van der Waals surface area contributed by atoms with Gasteiger partial charge in [0.25, 0.3) is 0 Å². The number of aryl methyl sites for hydroxylation is 2. The number of hydrogen-bond donors (Lipinski definition) is 1. The van der Waals surface area contributed by atoms with E-state index >= 15 is 0 Å². The Morgan fingerprint density at radius 1 is 1.19 bits per heavy atom. The molecule has 1 saturated heterocycles. The van der Waals surface area contributed by atoms with Crippen LogP contribution in [-0.2, 0) is 17.6 Å². The van der Waals surface area contributed by atoms with Crippen LogP contribution in [-0.4, -0.2) is 55.6 Å². The summed E-state index contributed by atoms with van der Waals surface area (Å²) in [5.74, 6) is 0.881. The minimum atomic E-state index is -0.443. The number of halogens is 1. The summed E-state index contributed by atoms with van der Waals surface area (Å²) >= 11 is 0. The summed E-state index contributed by atoms with van der Waals surface area (Å²) in [6.45, 7) is 4.34. The first-order chi connectivity index (χ1) is 9.81. The van der Waals surface area contributed by atoms with Crippen LogP contribution in [0, 0.1) is 0 Å². The van der Waals surface area contributed by atoms with Crippen molar-refractivity contribution in [3.8, 4) is 5.75 Å². The maximum atomic E-state index is 10.0. The van der Waals surface area contributed by atoms with Crippen LogP contribution in [0.25, 0.3) is 0 Å². The lowest BCUT2D eigenvalue weighted by Gasteiger charge is -2.28. The second-order valence-corrected chi connectivity index (χ2v) is 5.66. The van der Waals surface area contributed by atoms with Gasteiger partial charge in [0.1, 0.15) is 18.5 Å². The van der Waals surface area contributed by atoms with Gasteiger partial charge in [-0.25, -0.2) is 0 Å². The van der Waals surface area contributed by atoms with Gasteiger partial charge in [-0.2, -0.15) is 0 Å². The van der Waals surface area contributed by atoms with Crippen LogP contribution in [0.15, 0.2) is 18.2 Å². The van der Waals surface area contributed by atoms with Gasteiger partial charge >= 0.3 is 0 Å². The summed E-state index contributed by atoms with van der Waals surface area (Å²) in [6.07, 6.45) is 3.15. The predicted molar refractivity (Wildman–Crippen MR) is 84.5 cm³/mol. The van der Waals surface area contributed by atoms with E-state index in [0.717, 1.165) is 38.5 Å². The molecule has 1 aliphatic heterocycles. The Morgan fingerprint density at radius 2 is 1.95 bits per heavy atom. The van der Waals surface area contributed by atoms with Gasteiger partial charge in [0.05, 0.1) is 13.2 Å². The zero-order valence-electron chi connectivity index (χ0n) is 12.3. The van der Waals surface area contributed by atoms with Crippen molar-refractivity contribution in [2.75, 3.05) is 39.5 Å². The van der Waals surface area contributed by atoms with Crippen molar-refractivity contribution >= 4 is 12.4 Å². The normalized spacial score (nSPS) is 19.7. The maximum Gasteiger partial charge on any atom is 0.119 e. The molecule has 5 heteroatoms. The molecule has 1 atom stereocenters. The van der Waals surface area contributed by atoms with Crippen molar-refractivity contribution < 1.29 is 14.6 Å². The monoisotopic (exact) mass is 313 g/mol. The van der Waals surface area contributed by atoms with Gasteiger partial charge in [-0.05, 0) is 42.5 Å². The third-order valence-corrected chi connectivity index (χ3v) is 4.08. The number of aliphatic hydroxyl groups is 1. The summed E-state index contributed by atoms with van der Waals surface area (Å²) in [5.41, 5.74) is 2.86. The second-order valence-electron chi connectivity index (χ2n) is 5.66. The van der Waals surface area contributed by atoms with Gasteiger partial charge in [-0.15, -0.1) is 12.4 Å². The highest BCUT2D eigenvalue weighted by Gasteiger charge is 2.16. The SMILES string of the molecule is Cl.OC(COc1ccc2c(c1)CCC2)CN1CCOCC1. The first kappa shape index (κ1) is 16.6. The zero-order valence-corrected chi connectivity index (χ0v) is 13.1. The summed E-state index contributed by atoms with van der Waals surface area (Å²) in [6, 6.07) is 6.31. The average molecular weight is 314 g/mol. The molecule has 1 aliphatic carbocycles. The highest BCUT2D eigenvalue weighted by Crippen LogP contribution is 2.26. The summed E-state index contributed by atoms with van der Waals surface area (Å²) in [7, 11) is 0. The van der Waals surface area contributed by atoms with Gasteiger partial charge < -0.3 is 14.6 Å². The predicted octanol–water partition coefficient (Wildman–Crippen LogP) is 1.67. The van der Waals surface area contributed by atoms with Crippen LogP contribution in [0.5, 0.6) is 5.75 Å². The number of aliphatic hydroxyl groups excluding tert-OH is 1. The molecule has 0 radical (unpaired) electrons. The van der Waals surface area contributed by atoms with E-state index in [1.807, 2.05) is 6.07 Å². The van der Waals surface area contributed by atoms with Crippen LogP contribution in [0.2, 0.25) is 0 Å². The van der Waals surface area contributed by atoms with Gasteiger partial charge in [-0.3, -0.25) is 4.90 Å². The Bertz CT molecular complexity index is 449. The van der Waals surface area contributed by atoms with Crippen molar-refractivity contribution in [1.82, 2.24) is 4.90 Å². The molecule has 3 rings (SSSR count). The lowest BCUT2D eigenvalue weighted by atomic mass is 10.1. The molecule has 1 N–H and O–H groups in total. The molecule has 1 aromatic rings. The Kier molecular flexibility index (Phi) is 6.30. The van der Waals surface area contributed by atoms with Crippen molar-refractivity contribution in [2.24, 2.45) is 0 Å². The Balaban J connectivity index is 0.00000161. The molecule has 0 saturated carbocycles. The fourth-order valence-electron chi connectivity index (χ4n) is 2.96. The number of nitrogens with zero attached hydrogens (tertiary/aromatic N) is 1. The molecule has 1 heterocycles. The minimum absolute atomic E-state index is 0. The van der Waals surface area contributed by atoms with Crippen molar-refractivity contribution in [1.29, 1.82) is 0 Å². The van der Waals surface area contributed by atoms with Gasteiger partial charge in [0.2, 0.25) is 0 Å². The van der Waals surface area contributed by atoms with Crippen LogP contribution in [0.3, 0.4) is 0 Å². The van der Waals surface area contributed by atoms with Gasteiger partial charge in [0, 0.05) is 19.6 Å². The molecular formula is C16H24ClNO3. The fraction of sp³-hybridized carbons (Fsp3) is 0.625. The first-order valence-corrected chi connectivity index (χ1v) is 7.54. The Labute approximate surface area is 132 Å². The molecular weight excluding hydrogens is 290 g/mol. The molecule has 118 valence electrons. The largest absolute Gasteiger partial charge is 0.491 e. The highest BCUT2D eigenvalue weighted by atomic mass is 35.5. The molecule has 0 bridgehead atoms. The second kappa shape index (κ2) is 7.99. The highest BCUT2D eigenvalue weighted by molar-refractivity contribution is 5.85. The van der Waals surface area contributed by atoms with Gasteiger partial charge in [-0.1, -0.05) is 6.07 Å². The average Bonchev–Trinajstić information content (AvgIpc) is 2.93. The van der Waals surface area contributed by atoms with E-state index in [1.54, 1.807) is 0 Å². The van der Waals surface area contributed by atoms with Crippen LogP contribution in [0.1, 0.15) is 17.5 Å². The number of fused-ring (bicyclic) bond motifs is 1. The van der Waals surface area contributed by atoms with Crippen molar-refractivity contribution in [3.05, 3.63) is 29.3 Å². The lowest BCUT2D eigenvalue weighted by molar-refractivity contribution is 0.00465. The van der Waals surface area contributed by atoms with E-state index < -0.39 is 6.10 Å². The number of hydrogen-bond acceptors (Lipinski definition) is 4. The lowest BCUT2D eigenvalue weighted by Crippen LogP contribution is -2.42. The molecule has 0 aromatic heterocycles. The van der Waals surface area contributed by atoms with Crippen LogP contribution >= 0.6 is 12.4 Å². The standard InChI is InChI=1S/C16H23NO3.ClH/c18-15(11-17-6-8-19-9-7-17)12-20-16-5-4-13-2-1-3-14(13)10-16;/h4-5,10,15,18H,1-3,6-9,11-12H2;1H. The number of ether oxygens (including phenoxy) is 2. The molecule has 1 aromatic carbocycles. The quantitative estimate of drug-likeness (QED) is 0.898. The Hall–Kier alpha value is -0.810. The maximum absolute atomic E-state index is 10.0. The Morgan fingerprint density at radius 3 is 2.76 bits per heavy atom. The minimum Gasteiger partial charge on any atom is -0.491 e. The van der Waals surface area contributed by atoms with Crippen LogP contribution < -0.4 is 4.74 Å². The molecule has 21 heavy (non-hydrogen) atoms. The number of benzene rings is 1. The summed E-state index contributed by atoms with van der Waals surface area (Å²) < 4.78 is 11.0. The molecule has 4 nitrogen and oxygen atoms in total. The summed E-state index contributed by atoms with van der Waals surface area (Å²) in [5, 5.41) is 10.0. The molecule has 0 spiro atoms. The van der Waals surface area contributed by atoms with E-state index in [9.17, 15) is 5.11 Å². The summed E-state index contributed by atoms with van der Waals surface area (Å²) in [4.78, 5) is 2.22. The molecule has 2 aliphatic rings. The molecule has 1 unspecified atom stereocenters. The number of rotatable bonds is 5. The van der Waals surface area contributed by atoms with E-state index in [4.69, 9.17) is 9.47 Å². The van der Waals surface area contributed by atoms with E-state index in [2.05, 4.69) is 17.0 Å². The first-order valence-electron chi connectivity index (χ1n) is 7.54. The smallest absolute Gasteiger partial charge is 0.119 e. The topological polar surface area (TPSA) is 41.9 Å². The van der Waals surface area contributed by atoms with Crippen LogP contribution in [0.4, 0.5) is 0 Å². The van der Waals surface area contributed by atoms with Crippen molar-refractivity contribution in [3.63, 3.8) is 0 Å². The number of β-amino-alcohol motifs (C(OH)–C–C–N with tert-alkyl or cyclic N) is 1. The third-order valence-electron chi connectivity index (χ3n) is 4.08. The van der Waals surface area contributed by atoms with Crippen molar-refractivity contribution in [2.45, 2.75) is 25.4 Å². The molecule has 0 amide bonds. The fourth-order valence-corrected chi connectivity index (χ4v) is 2.96.